The zero-order valence-corrected chi connectivity index (χ0v) is 23.6. The summed E-state index contributed by atoms with van der Waals surface area (Å²) in [6.45, 7) is 5.35. The van der Waals surface area contributed by atoms with E-state index in [2.05, 4.69) is 25.6 Å². The van der Waals surface area contributed by atoms with Crippen LogP contribution in [0.25, 0.3) is 11.0 Å². The molecule has 0 fully saturated rings. The van der Waals surface area contributed by atoms with Crippen molar-refractivity contribution < 1.29 is 19.1 Å². The van der Waals surface area contributed by atoms with E-state index in [1.165, 1.54) is 0 Å². The van der Waals surface area contributed by atoms with Gasteiger partial charge < -0.3 is 36.2 Å². The Morgan fingerprint density at radius 2 is 1.95 bits per heavy atom. The van der Waals surface area contributed by atoms with Gasteiger partial charge in [0.05, 0.1) is 53.3 Å². The average Bonchev–Trinajstić information content (AvgIpc) is 3.60. The molecule has 1 aliphatic rings. The summed E-state index contributed by atoms with van der Waals surface area (Å²) in [5.41, 5.74) is 15.5. The van der Waals surface area contributed by atoms with Crippen LogP contribution >= 0.6 is 0 Å². The first kappa shape index (κ1) is 28.6. The normalized spacial score (nSPS) is 15.0. The summed E-state index contributed by atoms with van der Waals surface area (Å²) >= 11 is 0. The number of nitrogens with two attached hydrogens (primary N) is 2. The summed E-state index contributed by atoms with van der Waals surface area (Å²) < 4.78 is 10.9. The van der Waals surface area contributed by atoms with Gasteiger partial charge in [-0.2, -0.15) is 0 Å². The number of amides is 1. The molecule has 1 amide bonds. The van der Waals surface area contributed by atoms with Gasteiger partial charge in [0, 0.05) is 19.5 Å². The molecule has 3 heterocycles. The molecule has 0 bridgehead atoms. The zero-order valence-electron chi connectivity index (χ0n) is 23.6. The predicted octanol–water partition coefficient (Wildman–Crippen LogP) is 2.12. The maximum Gasteiger partial charge on any atom is 0.341 e. The number of rotatable bonds is 11. The average molecular weight is 574 g/mol. The Bertz CT molecular complexity index is 1610. The van der Waals surface area contributed by atoms with Crippen LogP contribution in [-0.4, -0.2) is 63.6 Å². The molecule has 13 nitrogen and oxygen atoms in total. The first-order chi connectivity index (χ1) is 20.3. The molecule has 1 aliphatic heterocycles. The number of esters is 1. The van der Waals surface area contributed by atoms with Crippen LogP contribution in [0.3, 0.4) is 0 Å². The number of aromatic nitrogens is 4. The van der Waals surface area contributed by atoms with E-state index in [9.17, 15) is 9.59 Å². The summed E-state index contributed by atoms with van der Waals surface area (Å²) in [6.07, 6.45) is 1.05. The topological polar surface area (TPSA) is 198 Å². The number of hydrogen-bond acceptors (Lipinski definition) is 8. The molecule has 42 heavy (non-hydrogen) atoms. The number of guanidine groups is 1. The summed E-state index contributed by atoms with van der Waals surface area (Å²) in [4.78, 5) is 45.3. The van der Waals surface area contributed by atoms with Crippen LogP contribution < -0.4 is 26.8 Å². The van der Waals surface area contributed by atoms with Crippen molar-refractivity contribution in [1.29, 1.82) is 0 Å². The van der Waals surface area contributed by atoms with Gasteiger partial charge in [0.2, 0.25) is 5.91 Å². The highest BCUT2D eigenvalue weighted by Gasteiger charge is 2.28. The molecule has 2 aromatic carbocycles. The molecule has 2 unspecified atom stereocenters. The van der Waals surface area contributed by atoms with Gasteiger partial charge in [0.1, 0.15) is 23.0 Å². The second-order valence-corrected chi connectivity index (χ2v) is 9.98. The van der Waals surface area contributed by atoms with Crippen molar-refractivity contribution in [3.8, 4) is 5.75 Å². The molecule has 0 radical (unpaired) electrons. The molecule has 0 saturated heterocycles. The van der Waals surface area contributed by atoms with Crippen molar-refractivity contribution in [2.45, 2.75) is 45.2 Å². The lowest BCUT2D eigenvalue weighted by atomic mass is 10.0. The van der Waals surface area contributed by atoms with Crippen molar-refractivity contribution in [3.05, 3.63) is 71.1 Å². The van der Waals surface area contributed by atoms with Crippen LogP contribution in [0.4, 0.5) is 5.69 Å². The van der Waals surface area contributed by atoms with Crippen LogP contribution in [0, 0.1) is 0 Å². The number of benzene rings is 2. The number of imidazole rings is 2. The van der Waals surface area contributed by atoms with Crippen LogP contribution in [-0.2, 0) is 22.5 Å². The summed E-state index contributed by atoms with van der Waals surface area (Å²) in [5.74, 6) is 1.34. The molecule has 0 aliphatic carbocycles. The third-order valence-corrected chi connectivity index (χ3v) is 6.94. The van der Waals surface area contributed by atoms with Gasteiger partial charge in [-0.25, -0.2) is 19.8 Å². The number of fused-ring (bicyclic) bond motifs is 2. The fraction of sp³-hybridized carbons (Fsp3) is 0.345. The van der Waals surface area contributed by atoms with E-state index < -0.39 is 12.0 Å². The highest BCUT2D eigenvalue weighted by molar-refractivity contribution is 5.92. The van der Waals surface area contributed by atoms with Gasteiger partial charge in [0.25, 0.3) is 0 Å². The Balaban J connectivity index is 1.13. The largest absolute Gasteiger partial charge is 0.493 e. The van der Waals surface area contributed by atoms with E-state index in [-0.39, 0.29) is 17.8 Å². The van der Waals surface area contributed by atoms with Gasteiger partial charge in [-0.05, 0) is 50.6 Å². The van der Waals surface area contributed by atoms with Crippen LogP contribution in [0.15, 0.2) is 47.5 Å². The first-order valence-electron chi connectivity index (χ1n) is 13.9. The number of hydrogen-bond donors (Lipinski definition) is 6. The number of nitrogens with zero attached hydrogens (tertiary/aromatic N) is 3. The number of aromatic amines is 2. The third kappa shape index (κ3) is 6.52. The Morgan fingerprint density at radius 1 is 1.14 bits per heavy atom. The number of ether oxygens (including phenoxy) is 2. The standard InChI is InChI=1S/C29H35N9O4/c1-3-41-28(40)18-7-4-5-8-24(18)42-12-6-11-32-27(39)22-14-21-23(15-33-22)38-26(37-21)16(2)25-35-19-10-9-17(34-29(30)31)13-20(19)36-25/h4-5,7-10,13,16,22,33H,3,6,11-12,14-15H2,1-2H3,(H,32,39)(H,35,36)(H,37,38)(H4,30,31,34). The number of nitrogens with one attached hydrogen (secondary N) is 4. The monoisotopic (exact) mass is 573 g/mol. The number of aliphatic imine (C=N–C) groups is 1. The van der Waals surface area contributed by atoms with Crippen molar-refractivity contribution in [2.24, 2.45) is 16.5 Å². The number of carbonyl (C=O) groups is 2. The van der Waals surface area contributed by atoms with Crippen molar-refractivity contribution in [3.63, 3.8) is 0 Å². The van der Waals surface area contributed by atoms with E-state index in [4.69, 9.17) is 30.9 Å². The minimum Gasteiger partial charge on any atom is -0.493 e. The van der Waals surface area contributed by atoms with E-state index in [1.54, 1.807) is 37.3 Å². The fourth-order valence-corrected chi connectivity index (χ4v) is 4.79. The number of H-pyrrole nitrogens is 2. The van der Waals surface area contributed by atoms with Crippen molar-refractivity contribution >= 4 is 34.6 Å². The number of carbonyl (C=O) groups excluding carboxylic acids is 2. The summed E-state index contributed by atoms with van der Waals surface area (Å²) in [6, 6.07) is 12.1. The van der Waals surface area contributed by atoms with Gasteiger partial charge in [-0.3, -0.25) is 10.1 Å². The van der Waals surface area contributed by atoms with E-state index in [1.807, 2.05) is 19.1 Å². The first-order valence-corrected chi connectivity index (χ1v) is 13.9. The quantitative estimate of drug-likeness (QED) is 0.0673. The minimum atomic E-state index is -0.421. The molecule has 2 aromatic heterocycles. The summed E-state index contributed by atoms with van der Waals surface area (Å²) in [7, 11) is 0. The Labute approximate surface area is 242 Å². The second-order valence-electron chi connectivity index (χ2n) is 9.98. The number of para-hydroxylation sites is 1. The van der Waals surface area contributed by atoms with Gasteiger partial charge in [0.15, 0.2) is 5.96 Å². The molecule has 0 saturated carbocycles. The predicted molar refractivity (Wildman–Crippen MR) is 158 cm³/mol. The molecular formula is C29H35N9O4. The fourth-order valence-electron chi connectivity index (χ4n) is 4.79. The van der Waals surface area contributed by atoms with Crippen LogP contribution in [0.2, 0.25) is 0 Å². The lowest BCUT2D eigenvalue weighted by Gasteiger charge is -2.22. The SMILES string of the molecule is CCOC(=O)c1ccccc1OCCCNC(=O)C1Cc2nc(C(C)c3nc4ccc(N=C(N)N)cc4[nH]3)[nH]c2CN1. The zero-order chi connectivity index (χ0) is 29.6. The molecule has 8 N–H and O–H groups in total. The summed E-state index contributed by atoms with van der Waals surface area (Å²) in [5, 5.41) is 6.25. The molecule has 5 rings (SSSR count). The van der Waals surface area contributed by atoms with E-state index in [0.29, 0.717) is 56.1 Å². The lowest BCUT2D eigenvalue weighted by molar-refractivity contribution is -0.123. The Morgan fingerprint density at radius 3 is 2.76 bits per heavy atom. The second kappa shape index (κ2) is 12.7. The molecular weight excluding hydrogens is 538 g/mol. The van der Waals surface area contributed by atoms with E-state index >= 15 is 0 Å². The Hall–Kier alpha value is -4.91. The molecule has 2 atom stereocenters. The van der Waals surface area contributed by atoms with Crippen molar-refractivity contribution in [1.82, 2.24) is 30.6 Å². The maximum atomic E-state index is 12.9. The van der Waals surface area contributed by atoms with Gasteiger partial charge >= 0.3 is 5.97 Å². The highest BCUT2D eigenvalue weighted by atomic mass is 16.5. The van der Waals surface area contributed by atoms with Crippen molar-refractivity contribution in [2.75, 3.05) is 19.8 Å². The van der Waals surface area contributed by atoms with Gasteiger partial charge in [-0.1, -0.05) is 12.1 Å². The van der Waals surface area contributed by atoms with Crippen LogP contribution in [0.5, 0.6) is 5.75 Å². The van der Waals surface area contributed by atoms with Crippen LogP contribution in [0.1, 0.15) is 59.6 Å². The van der Waals surface area contributed by atoms with Gasteiger partial charge in [-0.15, -0.1) is 0 Å². The third-order valence-electron chi connectivity index (χ3n) is 6.94. The molecule has 4 aromatic rings. The highest BCUT2D eigenvalue weighted by Crippen LogP contribution is 2.27. The molecule has 0 spiro atoms. The lowest BCUT2D eigenvalue weighted by Crippen LogP contribution is -2.48. The smallest absolute Gasteiger partial charge is 0.341 e. The molecule has 13 heteroatoms. The maximum absolute atomic E-state index is 12.9. The van der Waals surface area contributed by atoms with E-state index in [0.717, 1.165) is 34.1 Å². The minimum absolute atomic E-state index is 0.00721. The Kier molecular flexibility index (Phi) is 8.67. The molecule has 220 valence electrons.